The molecule has 1 aliphatic rings. The zero-order chi connectivity index (χ0) is 24.9. The molecule has 0 fully saturated rings. The van der Waals surface area contributed by atoms with Crippen LogP contribution in [0.3, 0.4) is 0 Å². The molecule has 0 saturated heterocycles. The van der Waals surface area contributed by atoms with E-state index < -0.39 is 16.8 Å². The molecular formula is C25H26N2O7S. The van der Waals surface area contributed by atoms with Crippen LogP contribution in [0, 0.1) is 17.0 Å². The molecule has 3 aromatic rings. The Hall–Kier alpha value is -3.66. The van der Waals surface area contributed by atoms with Crippen molar-refractivity contribution in [2.45, 2.75) is 52.6 Å². The lowest BCUT2D eigenvalue weighted by Crippen LogP contribution is -2.15. The first-order chi connectivity index (χ1) is 16.9. The largest absolute Gasteiger partial charge is 0.486 e. The second-order valence-electron chi connectivity index (χ2n) is 8.27. The Bertz CT molecular complexity index is 1260. The van der Waals surface area contributed by atoms with E-state index in [0.29, 0.717) is 34.2 Å². The molecule has 9 nitrogen and oxygen atoms in total. The van der Waals surface area contributed by atoms with E-state index in [0.717, 1.165) is 42.5 Å². The molecule has 2 aromatic heterocycles. The summed E-state index contributed by atoms with van der Waals surface area (Å²) in [4.78, 5) is 37.3. The number of thiophene rings is 1. The number of amides is 1. The highest BCUT2D eigenvalue weighted by molar-refractivity contribution is 7.17. The maximum atomic E-state index is 12.9. The number of fused-ring (bicyclic) bond motifs is 1. The van der Waals surface area contributed by atoms with Gasteiger partial charge in [-0.2, -0.15) is 0 Å². The number of nitro groups is 1. The number of anilines is 1. The summed E-state index contributed by atoms with van der Waals surface area (Å²) in [6, 6.07) is 7.64. The third kappa shape index (κ3) is 5.54. The number of aryl methyl sites for hydroxylation is 2. The number of nitrogens with zero attached hydrogens (tertiary/aromatic N) is 1. The van der Waals surface area contributed by atoms with Crippen LogP contribution in [0.4, 0.5) is 10.7 Å². The van der Waals surface area contributed by atoms with Gasteiger partial charge in [-0.15, -0.1) is 11.3 Å². The summed E-state index contributed by atoms with van der Waals surface area (Å²) in [6.45, 7) is 3.94. The van der Waals surface area contributed by atoms with Crippen LogP contribution in [0.25, 0.3) is 0 Å². The normalized spacial score (nSPS) is 12.6. The first-order valence-electron chi connectivity index (χ1n) is 11.5. The Labute approximate surface area is 206 Å². The highest BCUT2D eigenvalue weighted by Gasteiger charge is 2.28. The smallest absolute Gasteiger partial charge is 0.341 e. The fourth-order valence-electron chi connectivity index (χ4n) is 3.96. The SMILES string of the molecule is CCCOC(=O)c1c(NC(=O)c2ccc(COc3ccc([N+](=O)[O-])c(C)c3)o2)sc2c1CCCC2. The number of hydrogen-bond donors (Lipinski definition) is 1. The van der Waals surface area contributed by atoms with Gasteiger partial charge in [0.2, 0.25) is 0 Å². The van der Waals surface area contributed by atoms with E-state index in [2.05, 4.69) is 5.32 Å². The molecule has 4 rings (SSSR count). The van der Waals surface area contributed by atoms with Gasteiger partial charge in [0.1, 0.15) is 23.1 Å². The van der Waals surface area contributed by atoms with Crippen LogP contribution in [0.5, 0.6) is 5.75 Å². The third-order valence-corrected chi connectivity index (χ3v) is 6.88. The van der Waals surface area contributed by atoms with E-state index in [1.807, 2.05) is 6.92 Å². The number of carbonyl (C=O) groups is 2. The highest BCUT2D eigenvalue weighted by atomic mass is 32.1. The van der Waals surface area contributed by atoms with Gasteiger partial charge >= 0.3 is 5.97 Å². The molecule has 2 heterocycles. The first kappa shape index (κ1) is 24.5. The summed E-state index contributed by atoms with van der Waals surface area (Å²) >= 11 is 1.42. The fourth-order valence-corrected chi connectivity index (χ4v) is 5.23. The lowest BCUT2D eigenvalue weighted by atomic mass is 9.95. The van der Waals surface area contributed by atoms with Crippen molar-refractivity contribution in [2.24, 2.45) is 0 Å². The van der Waals surface area contributed by atoms with E-state index in [4.69, 9.17) is 13.9 Å². The van der Waals surface area contributed by atoms with Crippen LogP contribution in [0.1, 0.15) is 68.9 Å². The van der Waals surface area contributed by atoms with Crippen molar-refractivity contribution in [1.82, 2.24) is 0 Å². The summed E-state index contributed by atoms with van der Waals surface area (Å²) in [5.74, 6) is 0.0795. The quantitative estimate of drug-likeness (QED) is 0.224. The van der Waals surface area contributed by atoms with Crippen LogP contribution < -0.4 is 10.1 Å². The van der Waals surface area contributed by atoms with E-state index in [1.165, 1.54) is 29.5 Å². The molecule has 0 atom stereocenters. The lowest BCUT2D eigenvalue weighted by Gasteiger charge is -2.12. The molecule has 1 N–H and O–H groups in total. The van der Waals surface area contributed by atoms with Gasteiger partial charge in [0, 0.05) is 16.5 Å². The molecule has 0 unspecified atom stereocenters. The Morgan fingerprint density at radius 1 is 1.20 bits per heavy atom. The van der Waals surface area contributed by atoms with Crippen molar-refractivity contribution >= 4 is 33.9 Å². The molecule has 10 heteroatoms. The second kappa shape index (κ2) is 10.7. The maximum Gasteiger partial charge on any atom is 0.341 e. The fraction of sp³-hybridized carbons (Fsp3) is 0.360. The number of ether oxygens (including phenoxy) is 2. The van der Waals surface area contributed by atoms with Gasteiger partial charge in [-0.05, 0) is 68.9 Å². The molecule has 0 aliphatic heterocycles. The van der Waals surface area contributed by atoms with Gasteiger partial charge in [-0.3, -0.25) is 14.9 Å². The standard InChI is InChI=1S/C25H26N2O7S/c1-3-12-32-25(29)22-18-6-4-5-7-21(18)35-24(22)26-23(28)20-11-9-17(34-20)14-33-16-8-10-19(27(30)31)15(2)13-16/h8-11,13H,3-7,12,14H2,1-2H3,(H,26,28). The summed E-state index contributed by atoms with van der Waals surface area (Å²) < 4.78 is 16.7. The molecule has 184 valence electrons. The van der Waals surface area contributed by atoms with E-state index >= 15 is 0 Å². The zero-order valence-electron chi connectivity index (χ0n) is 19.5. The number of furan rings is 1. The number of esters is 1. The highest BCUT2D eigenvalue weighted by Crippen LogP contribution is 2.39. The predicted molar refractivity (Wildman–Crippen MR) is 130 cm³/mol. The van der Waals surface area contributed by atoms with Crippen LogP contribution in [0.15, 0.2) is 34.7 Å². The van der Waals surface area contributed by atoms with Crippen LogP contribution in [0.2, 0.25) is 0 Å². The Balaban J connectivity index is 1.45. The molecule has 35 heavy (non-hydrogen) atoms. The number of nitro benzene ring substituents is 1. The molecule has 0 radical (unpaired) electrons. The monoisotopic (exact) mass is 498 g/mol. The van der Waals surface area contributed by atoms with Crippen molar-refractivity contribution in [1.29, 1.82) is 0 Å². The average Bonchev–Trinajstić information content (AvgIpc) is 3.45. The van der Waals surface area contributed by atoms with E-state index in [-0.39, 0.29) is 18.1 Å². The van der Waals surface area contributed by atoms with Crippen molar-refractivity contribution in [3.8, 4) is 5.75 Å². The summed E-state index contributed by atoms with van der Waals surface area (Å²) in [6.07, 6.45) is 4.45. The number of nitrogens with one attached hydrogen (secondary N) is 1. The number of carbonyl (C=O) groups excluding carboxylic acids is 2. The number of rotatable bonds is 9. The van der Waals surface area contributed by atoms with Gasteiger partial charge in [0.15, 0.2) is 5.76 Å². The van der Waals surface area contributed by atoms with Crippen molar-refractivity contribution in [3.05, 3.63) is 73.5 Å². The minimum Gasteiger partial charge on any atom is -0.486 e. The Morgan fingerprint density at radius 2 is 2.00 bits per heavy atom. The minimum absolute atomic E-state index is 0.0162. The van der Waals surface area contributed by atoms with E-state index in [1.54, 1.807) is 19.1 Å². The number of hydrogen-bond acceptors (Lipinski definition) is 8. The van der Waals surface area contributed by atoms with Crippen molar-refractivity contribution in [3.63, 3.8) is 0 Å². The van der Waals surface area contributed by atoms with Gasteiger partial charge in [-0.1, -0.05) is 6.92 Å². The summed E-state index contributed by atoms with van der Waals surface area (Å²) in [5, 5.41) is 14.3. The van der Waals surface area contributed by atoms with Gasteiger partial charge in [0.05, 0.1) is 17.1 Å². The minimum atomic E-state index is -0.467. The maximum absolute atomic E-state index is 12.9. The van der Waals surface area contributed by atoms with Crippen LogP contribution in [-0.2, 0) is 24.2 Å². The van der Waals surface area contributed by atoms with Crippen LogP contribution in [-0.4, -0.2) is 23.4 Å². The average molecular weight is 499 g/mol. The summed E-state index contributed by atoms with van der Waals surface area (Å²) in [7, 11) is 0. The Kier molecular flexibility index (Phi) is 7.50. The van der Waals surface area contributed by atoms with E-state index in [9.17, 15) is 19.7 Å². The number of benzene rings is 1. The van der Waals surface area contributed by atoms with Gasteiger partial charge in [0.25, 0.3) is 11.6 Å². The first-order valence-corrected chi connectivity index (χ1v) is 12.3. The Morgan fingerprint density at radius 3 is 2.74 bits per heavy atom. The second-order valence-corrected chi connectivity index (χ2v) is 9.37. The van der Waals surface area contributed by atoms with Crippen LogP contribution >= 0.6 is 11.3 Å². The molecule has 1 amide bonds. The summed E-state index contributed by atoms with van der Waals surface area (Å²) in [5.41, 5.74) is 1.93. The van der Waals surface area contributed by atoms with Crippen molar-refractivity contribution in [2.75, 3.05) is 11.9 Å². The molecule has 0 spiro atoms. The zero-order valence-corrected chi connectivity index (χ0v) is 20.4. The topological polar surface area (TPSA) is 121 Å². The third-order valence-electron chi connectivity index (χ3n) is 5.67. The molecule has 1 aliphatic carbocycles. The molecule has 0 bridgehead atoms. The molecule has 1 aromatic carbocycles. The van der Waals surface area contributed by atoms with Crippen molar-refractivity contribution < 1.29 is 28.4 Å². The molecular weight excluding hydrogens is 472 g/mol. The predicted octanol–water partition coefficient (Wildman–Crippen LogP) is 5.83. The molecule has 0 saturated carbocycles. The lowest BCUT2D eigenvalue weighted by molar-refractivity contribution is -0.385. The van der Waals surface area contributed by atoms with Gasteiger partial charge < -0.3 is 19.2 Å². The van der Waals surface area contributed by atoms with Gasteiger partial charge in [-0.25, -0.2) is 4.79 Å².